The van der Waals surface area contributed by atoms with Gasteiger partial charge in [-0.1, -0.05) is 43.9 Å². The van der Waals surface area contributed by atoms with Crippen LogP contribution < -0.4 is 9.46 Å². The van der Waals surface area contributed by atoms with Crippen molar-refractivity contribution in [1.82, 2.24) is 4.90 Å². The first-order chi connectivity index (χ1) is 13.9. The Kier molecular flexibility index (Phi) is 6.79. The molecule has 156 valence electrons. The van der Waals surface area contributed by atoms with Gasteiger partial charge in [-0.15, -0.1) is 0 Å². The zero-order valence-corrected chi connectivity index (χ0v) is 17.7. The number of hydrogen-bond acceptors (Lipinski definition) is 4. The average molecular weight is 417 g/mol. The van der Waals surface area contributed by atoms with Crippen LogP contribution in [0, 0.1) is 0 Å². The molecule has 0 saturated heterocycles. The lowest BCUT2D eigenvalue weighted by molar-refractivity contribution is 0.0717. The van der Waals surface area contributed by atoms with Crippen molar-refractivity contribution in [3.05, 3.63) is 54.1 Å². The van der Waals surface area contributed by atoms with Gasteiger partial charge in [0.05, 0.1) is 17.7 Å². The largest absolute Gasteiger partial charge is 0.495 e. The van der Waals surface area contributed by atoms with E-state index in [1.807, 2.05) is 7.05 Å². The van der Waals surface area contributed by atoms with Crippen LogP contribution in [-0.4, -0.2) is 39.4 Å². The molecule has 29 heavy (non-hydrogen) atoms. The molecule has 0 bridgehead atoms. The molecule has 6 nitrogen and oxygen atoms in total. The third kappa shape index (κ3) is 5.09. The molecule has 0 radical (unpaired) electrons. The Labute approximate surface area is 172 Å². The predicted molar refractivity (Wildman–Crippen MR) is 114 cm³/mol. The van der Waals surface area contributed by atoms with E-state index in [0.717, 1.165) is 25.7 Å². The van der Waals surface area contributed by atoms with Crippen LogP contribution in [-0.2, 0) is 10.0 Å². The standard InChI is InChI=1S/C22H28N2O4S/c1-24(18-11-5-3-4-6-12-18)22(25)17-10-9-13-19(16-17)29(26,27)23-20-14-7-8-15-21(20)28-2/h7-10,13-16,18,23H,3-6,11-12H2,1-2H3. The Balaban J connectivity index is 1.81. The molecule has 3 rings (SSSR count). The monoisotopic (exact) mass is 416 g/mol. The minimum absolute atomic E-state index is 0.0449. The van der Waals surface area contributed by atoms with Crippen LogP contribution in [0.5, 0.6) is 5.75 Å². The summed E-state index contributed by atoms with van der Waals surface area (Å²) in [5.74, 6) is 0.280. The molecule has 0 unspecified atom stereocenters. The fourth-order valence-electron chi connectivity index (χ4n) is 3.74. The van der Waals surface area contributed by atoms with E-state index in [0.29, 0.717) is 17.0 Å². The van der Waals surface area contributed by atoms with Crippen molar-refractivity contribution in [3.8, 4) is 5.75 Å². The van der Waals surface area contributed by atoms with Crippen LogP contribution in [0.15, 0.2) is 53.4 Å². The Morgan fingerprint density at radius 2 is 1.72 bits per heavy atom. The summed E-state index contributed by atoms with van der Waals surface area (Å²) in [6.45, 7) is 0. The molecule has 2 aromatic carbocycles. The van der Waals surface area contributed by atoms with E-state index in [1.54, 1.807) is 41.3 Å². The second-order valence-corrected chi connectivity index (χ2v) is 9.08. The molecule has 0 atom stereocenters. The van der Waals surface area contributed by atoms with Crippen molar-refractivity contribution in [2.75, 3.05) is 18.9 Å². The van der Waals surface area contributed by atoms with Crippen molar-refractivity contribution in [2.24, 2.45) is 0 Å². The zero-order valence-electron chi connectivity index (χ0n) is 16.9. The predicted octanol–water partition coefficient (Wildman–Crippen LogP) is 4.29. The van der Waals surface area contributed by atoms with Gasteiger partial charge in [-0.3, -0.25) is 9.52 Å². The summed E-state index contributed by atoms with van der Waals surface area (Å²) in [5, 5.41) is 0. The van der Waals surface area contributed by atoms with Gasteiger partial charge >= 0.3 is 0 Å². The van der Waals surface area contributed by atoms with E-state index in [4.69, 9.17) is 4.74 Å². The van der Waals surface area contributed by atoms with Crippen molar-refractivity contribution in [3.63, 3.8) is 0 Å². The van der Waals surface area contributed by atoms with Gasteiger partial charge in [0.15, 0.2) is 0 Å². The quantitative estimate of drug-likeness (QED) is 0.713. The molecule has 0 aliphatic heterocycles. The first-order valence-corrected chi connectivity index (χ1v) is 11.4. The Morgan fingerprint density at radius 3 is 2.41 bits per heavy atom. The average Bonchev–Trinajstić information content (AvgIpc) is 3.02. The molecule has 0 aromatic heterocycles. The van der Waals surface area contributed by atoms with Crippen molar-refractivity contribution in [2.45, 2.75) is 49.5 Å². The van der Waals surface area contributed by atoms with Gasteiger partial charge in [0.2, 0.25) is 0 Å². The number of nitrogens with one attached hydrogen (secondary N) is 1. The lowest BCUT2D eigenvalue weighted by Crippen LogP contribution is -2.36. The SMILES string of the molecule is COc1ccccc1NS(=O)(=O)c1cccc(C(=O)N(C)C2CCCCCC2)c1. The molecule has 1 saturated carbocycles. The van der Waals surface area contributed by atoms with Crippen LogP contribution in [0.3, 0.4) is 0 Å². The second-order valence-electron chi connectivity index (χ2n) is 7.40. The van der Waals surface area contributed by atoms with E-state index < -0.39 is 10.0 Å². The van der Waals surface area contributed by atoms with Crippen LogP contribution >= 0.6 is 0 Å². The Hall–Kier alpha value is -2.54. The van der Waals surface area contributed by atoms with E-state index in [-0.39, 0.29) is 16.8 Å². The molecule has 1 aliphatic carbocycles. The van der Waals surface area contributed by atoms with Crippen molar-refractivity contribution >= 4 is 21.6 Å². The number of carbonyl (C=O) groups is 1. The smallest absolute Gasteiger partial charge is 0.262 e. The van der Waals surface area contributed by atoms with Gasteiger partial charge in [-0.25, -0.2) is 8.42 Å². The molecule has 1 aliphatic rings. The number of amides is 1. The summed E-state index contributed by atoms with van der Waals surface area (Å²) in [6.07, 6.45) is 6.66. The maximum absolute atomic E-state index is 13.0. The normalized spacial score (nSPS) is 15.4. The van der Waals surface area contributed by atoms with E-state index >= 15 is 0 Å². The van der Waals surface area contributed by atoms with Gasteiger partial charge in [-0.2, -0.15) is 0 Å². The molecule has 1 amide bonds. The summed E-state index contributed by atoms with van der Waals surface area (Å²) in [4.78, 5) is 14.8. The summed E-state index contributed by atoms with van der Waals surface area (Å²) in [7, 11) is -0.565. The van der Waals surface area contributed by atoms with Crippen LogP contribution in [0.4, 0.5) is 5.69 Å². The van der Waals surface area contributed by atoms with Gasteiger partial charge < -0.3 is 9.64 Å². The molecule has 0 spiro atoms. The highest BCUT2D eigenvalue weighted by atomic mass is 32.2. The van der Waals surface area contributed by atoms with Crippen LogP contribution in [0.1, 0.15) is 48.9 Å². The maximum atomic E-state index is 13.0. The summed E-state index contributed by atoms with van der Waals surface area (Å²) >= 11 is 0. The molecule has 7 heteroatoms. The number of para-hydroxylation sites is 2. The molecular weight excluding hydrogens is 388 g/mol. The first kappa shape index (κ1) is 21.2. The fourth-order valence-corrected chi connectivity index (χ4v) is 4.86. The van der Waals surface area contributed by atoms with E-state index in [1.165, 1.54) is 32.1 Å². The van der Waals surface area contributed by atoms with E-state index in [2.05, 4.69) is 4.72 Å². The second kappa shape index (κ2) is 9.31. The number of nitrogens with zero attached hydrogens (tertiary/aromatic N) is 1. The minimum atomic E-state index is -3.86. The minimum Gasteiger partial charge on any atom is -0.495 e. The Morgan fingerprint density at radius 1 is 1.03 bits per heavy atom. The van der Waals surface area contributed by atoms with Gasteiger partial charge in [0.25, 0.3) is 15.9 Å². The number of methoxy groups -OCH3 is 1. The van der Waals surface area contributed by atoms with Crippen molar-refractivity contribution < 1.29 is 17.9 Å². The summed E-state index contributed by atoms with van der Waals surface area (Å²) in [5.41, 5.74) is 0.724. The molecule has 1 fully saturated rings. The zero-order chi connectivity index (χ0) is 20.9. The fraction of sp³-hybridized carbons (Fsp3) is 0.409. The number of benzene rings is 2. The van der Waals surface area contributed by atoms with E-state index in [9.17, 15) is 13.2 Å². The van der Waals surface area contributed by atoms with Gasteiger partial charge in [0, 0.05) is 18.7 Å². The molecular formula is C22H28N2O4S. The van der Waals surface area contributed by atoms with Crippen molar-refractivity contribution in [1.29, 1.82) is 0 Å². The maximum Gasteiger partial charge on any atom is 0.262 e. The molecule has 0 heterocycles. The van der Waals surface area contributed by atoms with Gasteiger partial charge in [-0.05, 0) is 43.2 Å². The first-order valence-electron chi connectivity index (χ1n) is 9.95. The van der Waals surface area contributed by atoms with Crippen LogP contribution in [0.25, 0.3) is 0 Å². The number of anilines is 1. The van der Waals surface area contributed by atoms with Gasteiger partial charge in [0.1, 0.15) is 5.75 Å². The highest BCUT2D eigenvalue weighted by molar-refractivity contribution is 7.92. The third-order valence-corrected chi connectivity index (χ3v) is 6.80. The lowest BCUT2D eigenvalue weighted by Gasteiger charge is -2.27. The number of ether oxygens (including phenoxy) is 1. The number of carbonyl (C=O) groups excluding carboxylic acids is 1. The summed E-state index contributed by atoms with van der Waals surface area (Å²) < 4.78 is 33.5. The topological polar surface area (TPSA) is 75.7 Å². The number of rotatable bonds is 6. The van der Waals surface area contributed by atoms with Crippen LogP contribution in [0.2, 0.25) is 0 Å². The summed E-state index contributed by atoms with van der Waals surface area (Å²) in [6, 6.07) is 13.2. The Bertz CT molecular complexity index is 951. The number of sulfonamides is 1. The highest BCUT2D eigenvalue weighted by Gasteiger charge is 2.24. The number of hydrogen-bond donors (Lipinski definition) is 1. The third-order valence-electron chi connectivity index (χ3n) is 5.44. The lowest BCUT2D eigenvalue weighted by atomic mass is 10.1. The molecule has 2 aromatic rings. The molecule has 1 N–H and O–H groups in total. The highest BCUT2D eigenvalue weighted by Crippen LogP contribution is 2.27.